The van der Waals surface area contributed by atoms with Gasteiger partial charge in [-0.05, 0) is 25.0 Å². The van der Waals surface area contributed by atoms with Crippen molar-refractivity contribution in [1.82, 2.24) is 15.5 Å². The summed E-state index contributed by atoms with van der Waals surface area (Å²) in [5.41, 5.74) is 2.48. The zero-order chi connectivity index (χ0) is 17.4. The van der Waals surface area contributed by atoms with Gasteiger partial charge in [0.15, 0.2) is 5.96 Å². The summed E-state index contributed by atoms with van der Waals surface area (Å²) in [6, 6.07) is 8.35. The zero-order valence-corrected chi connectivity index (χ0v) is 17.6. The van der Waals surface area contributed by atoms with Crippen LogP contribution in [0.2, 0.25) is 0 Å². The molecular weight excluding hydrogens is 431 g/mol. The number of amides is 1. The summed E-state index contributed by atoms with van der Waals surface area (Å²) in [7, 11) is 0. The van der Waals surface area contributed by atoms with Crippen molar-refractivity contribution in [3.05, 3.63) is 35.4 Å². The second kappa shape index (κ2) is 11.3. The fraction of sp³-hybridized carbons (Fsp3) is 0.556. The molecule has 6 nitrogen and oxygen atoms in total. The monoisotopic (exact) mass is 460 g/mol. The molecule has 1 amide bonds. The molecule has 1 aromatic carbocycles. The van der Waals surface area contributed by atoms with Gasteiger partial charge in [-0.15, -0.1) is 24.0 Å². The highest BCUT2D eigenvalue weighted by Crippen LogP contribution is 2.24. The van der Waals surface area contributed by atoms with Crippen LogP contribution in [0, 0.1) is 6.92 Å². The van der Waals surface area contributed by atoms with Gasteiger partial charge in [-0.3, -0.25) is 9.79 Å². The highest BCUT2D eigenvalue weighted by Gasteiger charge is 2.24. The van der Waals surface area contributed by atoms with Crippen molar-refractivity contribution in [3.8, 4) is 0 Å². The number of ether oxygens (including phenoxy) is 1. The lowest BCUT2D eigenvalue weighted by molar-refractivity contribution is -0.118. The number of nitrogens with zero attached hydrogens (tertiary/aromatic N) is 2. The molecular formula is C18H29IN4O2. The van der Waals surface area contributed by atoms with Crippen LogP contribution in [0.3, 0.4) is 0 Å². The van der Waals surface area contributed by atoms with Crippen LogP contribution < -0.4 is 10.6 Å². The summed E-state index contributed by atoms with van der Waals surface area (Å²) in [5, 5.41) is 6.11. The van der Waals surface area contributed by atoms with Crippen molar-refractivity contribution in [2.24, 2.45) is 4.99 Å². The minimum absolute atomic E-state index is 0. The van der Waals surface area contributed by atoms with Gasteiger partial charge in [-0.2, -0.15) is 0 Å². The van der Waals surface area contributed by atoms with Crippen LogP contribution in [0.4, 0.5) is 0 Å². The van der Waals surface area contributed by atoms with Crippen LogP contribution in [-0.2, 0) is 9.53 Å². The maximum absolute atomic E-state index is 10.9. The highest BCUT2D eigenvalue weighted by molar-refractivity contribution is 14.0. The van der Waals surface area contributed by atoms with Crippen LogP contribution in [0.1, 0.15) is 31.1 Å². The smallest absolute Gasteiger partial charge is 0.216 e. The van der Waals surface area contributed by atoms with Crippen molar-refractivity contribution in [2.45, 2.75) is 26.9 Å². The van der Waals surface area contributed by atoms with Crippen LogP contribution in [0.5, 0.6) is 0 Å². The molecule has 1 fully saturated rings. The van der Waals surface area contributed by atoms with E-state index in [1.807, 2.05) is 6.07 Å². The third-order valence-corrected chi connectivity index (χ3v) is 3.98. The molecule has 0 aliphatic carbocycles. The van der Waals surface area contributed by atoms with E-state index in [1.54, 1.807) is 0 Å². The number of carbonyl (C=O) groups excluding carboxylic acids is 1. The summed E-state index contributed by atoms with van der Waals surface area (Å²) in [5.74, 6) is 0.853. The first-order valence-electron chi connectivity index (χ1n) is 8.56. The summed E-state index contributed by atoms with van der Waals surface area (Å²) in [6.07, 6.45) is 0.0548. The summed E-state index contributed by atoms with van der Waals surface area (Å²) in [6.45, 7) is 9.88. The number of carbonyl (C=O) groups is 1. The van der Waals surface area contributed by atoms with Crippen LogP contribution in [-0.4, -0.2) is 56.1 Å². The van der Waals surface area contributed by atoms with Gasteiger partial charge < -0.3 is 20.3 Å². The van der Waals surface area contributed by atoms with Crippen molar-refractivity contribution in [3.63, 3.8) is 0 Å². The quantitative estimate of drug-likeness (QED) is 0.306. The Morgan fingerprint density at radius 1 is 1.36 bits per heavy atom. The van der Waals surface area contributed by atoms with Gasteiger partial charge in [-0.25, -0.2) is 0 Å². The van der Waals surface area contributed by atoms with Crippen molar-refractivity contribution in [1.29, 1.82) is 0 Å². The maximum Gasteiger partial charge on any atom is 0.216 e. The van der Waals surface area contributed by atoms with E-state index in [4.69, 9.17) is 4.74 Å². The maximum atomic E-state index is 10.9. The Morgan fingerprint density at radius 2 is 2.12 bits per heavy atom. The first-order valence-corrected chi connectivity index (χ1v) is 8.56. The first kappa shape index (κ1) is 21.7. The molecule has 0 radical (unpaired) electrons. The number of nitrogens with one attached hydrogen (secondary N) is 2. The molecule has 25 heavy (non-hydrogen) atoms. The van der Waals surface area contributed by atoms with Crippen LogP contribution in [0.25, 0.3) is 0 Å². The molecule has 1 unspecified atom stereocenters. The van der Waals surface area contributed by atoms with E-state index in [0.717, 1.165) is 25.6 Å². The number of aliphatic imine (C=N–C) groups is 1. The van der Waals surface area contributed by atoms with E-state index in [-0.39, 0.29) is 36.0 Å². The lowest BCUT2D eigenvalue weighted by atomic mass is 10.0. The standard InChI is InChI=1S/C18H28N4O2.HI/c1-4-19-18(21-10-9-20-15(3)23)22-11-12-24-17(13-22)16-8-6-5-7-14(16)2;/h5-8,17H,4,9-13H2,1-3H3,(H,19,21)(H,20,23);1H. The van der Waals surface area contributed by atoms with E-state index >= 15 is 0 Å². The molecule has 2 N–H and O–H groups in total. The van der Waals surface area contributed by atoms with E-state index in [9.17, 15) is 4.79 Å². The lowest BCUT2D eigenvalue weighted by Gasteiger charge is -2.35. The Kier molecular flexibility index (Phi) is 9.81. The van der Waals surface area contributed by atoms with Crippen molar-refractivity contribution >= 4 is 35.8 Å². The molecule has 0 spiro atoms. The highest BCUT2D eigenvalue weighted by atomic mass is 127. The number of aryl methyl sites for hydroxylation is 1. The second-order valence-corrected chi connectivity index (χ2v) is 5.88. The number of rotatable bonds is 5. The van der Waals surface area contributed by atoms with Gasteiger partial charge in [0, 0.05) is 26.6 Å². The Morgan fingerprint density at radius 3 is 2.80 bits per heavy atom. The first-order chi connectivity index (χ1) is 11.6. The number of guanidine groups is 1. The van der Waals surface area contributed by atoms with E-state index in [2.05, 4.69) is 52.6 Å². The lowest BCUT2D eigenvalue weighted by Crippen LogP contribution is -2.48. The normalized spacial score (nSPS) is 17.6. The van der Waals surface area contributed by atoms with Gasteiger partial charge >= 0.3 is 0 Å². The fourth-order valence-corrected chi connectivity index (χ4v) is 2.80. The number of hydrogen-bond acceptors (Lipinski definition) is 3. The third kappa shape index (κ3) is 6.81. The molecule has 1 aliphatic rings. The molecule has 7 heteroatoms. The molecule has 1 heterocycles. The Bertz CT molecular complexity index is 580. The van der Waals surface area contributed by atoms with Gasteiger partial charge in [0.05, 0.1) is 19.7 Å². The fourth-order valence-electron chi connectivity index (χ4n) is 2.80. The largest absolute Gasteiger partial charge is 0.370 e. The van der Waals surface area contributed by atoms with Crippen molar-refractivity contribution < 1.29 is 9.53 Å². The van der Waals surface area contributed by atoms with Crippen LogP contribution in [0.15, 0.2) is 29.3 Å². The Balaban J connectivity index is 0.00000312. The molecule has 2 rings (SSSR count). The minimum Gasteiger partial charge on any atom is -0.370 e. The van der Waals surface area contributed by atoms with E-state index in [1.165, 1.54) is 18.1 Å². The van der Waals surface area contributed by atoms with Crippen molar-refractivity contribution in [2.75, 3.05) is 39.3 Å². The Labute approximate surface area is 167 Å². The minimum atomic E-state index is -0.0267. The average Bonchev–Trinajstić information content (AvgIpc) is 2.58. The molecule has 140 valence electrons. The zero-order valence-electron chi connectivity index (χ0n) is 15.2. The number of hydrogen-bond donors (Lipinski definition) is 2. The summed E-state index contributed by atoms with van der Waals surface area (Å²) in [4.78, 5) is 17.8. The van der Waals surface area contributed by atoms with Gasteiger partial charge in [-0.1, -0.05) is 24.3 Å². The van der Waals surface area contributed by atoms with E-state index < -0.39 is 0 Å². The third-order valence-electron chi connectivity index (χ3n) is 3.98. The van der Waals surface area contributed by atoms with E-state index in [0.29, 0.717) is 19.7 Å². The predicted molar refractivity (Wildman–Crippen MR) is 112 cm³/mol. The summed E-state index contributed by atoms with van der Waals surface area (Å²) < 4.78 is 5.98. The molecule has 0 bridgehead atoms. The number of morpholine rings is 1. The predicted octanol–water partition coefficient (Wildman–Crippen LogP) is 2.09. The summed E-state index contributed by atoms with van der Waals surface area (Å²) >= 11 is 0. The van der Waals surface area contributed by atoms with Gasteiger partial charge in [0.25, 0.3) is 0 Å². The van der Waals surface area contributed by atoms with Crippen LogP contribution >= 0.6 is 24.0 Å². The Hall–Kier alpha value is -1.35. The topological polar surface area (TPSA) is 66.0 Å². The average molecular weight is 460 g/mol. The molecule has 1 saturated heterocycles. The van der Waals surface area contributed by atoms with Gasteiger partial charge in [0.1, 0.15) is 6.10 Å². The molecule has 0 saturated carbocycles. The SMILES string of the molecule is CCNC(=NCCNC(C)=O)N1CCOC(c2ccccc2C)C1.I. The van der Waals surface area contributed by atoms with Gasteiger partial charge in [0.2, 0.25) is 5.91 Å². The second-order valence-electron chi connectivity index (χ2n) is 5.88. The number of halogens is 1. The molecule has 1 aliphatic heterocycles. The molecule has 1 atom stereocenters. The molecule has 0 aromatic heterocycles. The number of benzene rings is 1. The molecule has 1 aromatic rings.